The molecule has 0 radical (unpaired) electrons. The number of hydrogen-bond donors (Lipinski definition) is 1. The Labute approximate surface area is 85.7 Å². The van der Waals surface area contributed by atoms with Gasteiger partial charge in [0, 0.05) is 18.4 Å². The van der Waals surface area contributed by atoms with Gasteiger partial charge < -0.3 is 5.32 Å². The van der Waals surface area contributed by atoms with E-state index < -0.39 is 0 Å². The van der Waals surface area contributed by atoms with E-state index in [4.69, 9.17) is 0 Å². The molecular weight excluding hydrogens is 172 g/mol. The topological polar surface area (TPSA) is 24.9 Å². The number of hydrogen-bond acceptors (Lipinski definition) is 2. The predicted molar refractivity (Wildman–Crippen MR) is 58.2 cm³/mol. The second-order valence-electron chi connectivity index (χ2n) is 3.93. The molecule has 0 saturated carbocycles. The van der Waals surface area contributed by atoms with Crippen LogP contribution in [-0.4, -0.2) is 11.5 Å². The third-order valence-electron chi connectivity index (χ3n) is 3.01. The minimum Gasteiger partial charge on any atom is -0.310 e. The Morgan fingerprint density at radius 3 is 3.14 bits per heavy atom. The predicted octanol–water partition coefficient (Wildman–Crippen LogP) is 2.46. The van der Waals surface area contributed by atoms with Crippen LogP contribution in [0.1, 0.15) is 43.4 Å². The van der Waals surface area contributed by atoms with Crippen LogP contribution in [0.25, 0.3) is 0 Å². The first-order valence-corrected chi connectivity index (χ1v) is 5.58. The summed E-state index contributed by atoms with van der Waals surface area (Å²) in [6.07, 6.45) is 8.95. The first-order chi connectivity index (χ1) is 6.92. The Kier molecular flexibility index (Phi) is 3.14. The molecule has 2 heteroatoms. The molecule has 2 rings (SSSR count). The fourth-order valence-corrected chi connectivity index (χ4v) is 2.19. The van der Waals surface area contributed by atoms with Gasteiger partial charge in [-0.3, -0.25) is 4.98 Å². The Morgan fingerprint density at radius 2 is 2.43 bits per heavy atom. The average Bonchev–Trinajstić information content (AvgIpc) is 2.30. The molecule has 1 aromatic heterocycles. The van der Waals surface area contributed by atoms with E-state index in [1.807, 2.05) is 12.4 Å². The van der Waals surface area contributed by atoms with Crippen LogP contribution in [-0.2, 0) is 6.42 Å². The minimum atomic E-state index is 0.549. The maximum absolute atomic E-state index is 4.23. The van der Waals surface area contributed by atoms with Gasteiger partial charge in [0.1, 0.15) is 0 Å². The van der Waals surface area contributed by atoms with Crippen molar-refractivity contribution >= 4 is 0 Å². The average molecular weight is 190 g/mol. The molecule has 1 aliphatic heterocycles. The quantitative estimate of drug-likeness (QED) is 0.775. The zero-order valence-electron chi connectivity index (χ0n) is 8.79. The molecule has 0 spiro atoms. The van der Waals surface area contributed by atoms with Crippen LogP contribution in [0.2, 0.25) is 0 Å². The van der Waals surface area contributed by atoms with Gasteiger partial charge in [0.25, 0.3) is 0 Å². The van der Waals surface area contributed by atoms with E-state index in [9.17, 15) is 0 Å². The molecule has 0 amide bonds. The number of nitrogens with one attached hydrogen (secondary N) is 1. The lowest BCUT2D eigenvalue weighted by molar-refractivity contribution is 0.409. The number of piperidine rings is 1. The van der Waals surface area contributed by atoms with E-state index in [1.54, 1.807) is 0 Å². The molecule has 0 bridgehead atoms. The molecule has 1 aromatic rings. The van der Waals surface area contributed by atoms with Gasteiger partial charge in [0.15, 0.2) is 0 Å². The molecule has 1 unspecified atom stereocenters. The SMILES string of the molecule is CCc1ccncc1C1CCCCN1. The first kappa shape index (κ1) is 9.66. The molecule has 2 nitrogen and oxygen atoms in total. The van der Waals surface area contributed by atoms with Crippen molar-refractivity contribution in [2.45, 2.75) is 38.6 Å². The van der Waals surface area contributed by atoms with E-state index in [0.29, 0.717) is 6.04 Å². The molecule has 2 heterocycles. The number of pyridine rings is 1. The van der Waals surface area contributed by atoms with E-state index in [0.717, 1.165) is 13.0 Å². The first-order valence-electron chi connectivity index (χ1n) is 5.58. The highest BCUT2D eigenvalue weighted by molar-refractivity contribution is 5.26. The fraction of sp³-hybridized carbons (Fsp3) is 0.583. The lowest BCUT2D eigenvalue weighted by atomic mass is 9.94. The number of nitrogens with zero attached hydrogens (tertiary/aromatic N) is 1. The summed E-state index contributed by atoms with van der Waals surface area (Å²) >= 11 is 0. The van der Waals surface area contributed by atoms with Crippen LogP contribution in [0.15, 0.2) is 18.5 Å². The highest BCUT2D eigenvalue weighted by Gasteiger charge is 2.16. The molecule has 1 N–H and O–H groups in total. The Morgan fingerprint density at radius 1 is 1.50 bits per heavy atom. The molecule has 1 atom stereocenters. The zero-order valence-corrected chi connectivity index (χ0v) is 8.79. The Bertz CT molecular complexity index is 290. The zero-order chi connectivity index (χ0) is 9.80. The molecular formula is C12H18N2. The van der Waals surface area contributed by atoms with Crippen molar-refractivity contribution in [2.24, 2.45) is 0 Å². The van der Waals surface area contributed by atoms with Crippen molar-refractivity contribution in [3.05, 3.63) is 29.6 Å². The van der Waals surface area contributed by atoms with Crippen molar-refractivity contribution in [3.63, 3.8) is 0 Å². The molecule has 0 aromatic carbocycles. The highest BCUT2D eigenvalue weighted by atomic mass is 14.9. The summed E-state index contributed by atoms with van der Waals surface area (Å²) in [6.45, 7) is 3.37. The van der Waals surface area contributed by atoms with Crippen LogP contribution in [0.4, 0.5) is 0 Å². The standard InChI is InChI=1S/C12H18N2/c1-2-10-6-8-13-9-11(10)12-5-3-4-7-14-12/h6,8-9,12,14H,2-5,7H2,1H3. The lowest BCUT2D eigenvalue weighted by Gasteiger charge is -2.25. The second kappa shape index (κ2) is 4.56. The summed E-state index contributed by atoms with van der Waals surface area (Å²) in [4.78, 5) is 4.23. The van der Waals surface area contributed by atoms with Crippen molar-refractivity contribution < 1.29 is 0 Å². The van der Waals surface area contributed by atoms with Gasteiger partial charge in [-0.05, 0) is 43.0 Å². The maximum Gasteiger partial charge on any atom is 0.0338 e. The summed E-state index contributed by atoms with van der Waals surface area (Å²) in [5, 5.41) is 3.57. The van der Waals surface area contributed by atoms with Crippen molar-refractivity contribution in [1.82, 2.24) is 10.3 Å². The summed E-state index contributed by atoms with van der Waals surface area (Å²) in [6, 6.07) is 2.69. The van der Waals surface area contributed by atoms with Crippen LogP contribution in [0.3, 0.4) is 0 Å². The summed E-state index contributed by atoms with van der Waals surface area (Å²) in [7, 11) is 0. The lowest BCUT2D eigenvalue weighted by Crippen LogP contribution is -2.27. The molecule has 1 fully saturated rings. The van der Waals surface area contributed by atoms with E-state index in [1.165, 1.54) is 30.4 Å². The molecule has 1 saturated heterocycles. The smallest absolute Gasteiger partial charge is 0.0338 e. The van der Waals surface area contributed by atoms with Crippen LogP contribution >= 0.6 is 0 Å². The van der Waals surface area contributed by atoms with Crippen LogP contribution in [0.5, 0.6) is 0 Å². The van der Waals surface area contributed by atoms with Gasteiger partial charge >= 0.3 is 0 Å². The third-order valence-corrected chi connectivity index (χ3v) is 3.01. The Hall–Kier alpha value is -0.890. The third kappa shape index (κ3) is 1.95. The van der Waals surface area contributed by atoms with Gasteiger partial charge in [0.05, 0.1) is 0 Å². The minimum absolute atomic E-state index is 0.549. The van der Waals surface area contributed by atoms with Gasteiger partial charge in [0.2, 0.25) is 0 Å². The van der Waals surface area contributed by atoms with Crippen molar-refractivity contribution in [1.29, 1.82) is 0 Å². The van der Waals surface area contributed by atoms with E-state index >= 15 is 0 Å². The molecule has 76 valence electrons. The maximum atomic E-state index is 4.23. The summed E-state index contributed by atoms with van der Waals surface area (Å²) in [5.74, 6) is 0. The van der Waals surface area contributed by atoms with E-state index in [2.05, 4.69) is 23.3 Å². The monoisotopic (exact) mass is 190 g/mol. The van der Waals surface area contributed by atoms with E-state index in [-0.39, 0.29) is 0 Å². The highest BCUT2D eigenvalue weighted by Crippen LogP contribution is 2.25. The normalized spacial score (nSPS) is 22.2. The fourth-order valence-electron chi connectivity index (χ4n) is 2.19. The largest absolute Gasteiger partial charge is 0.310 e. The van der Waals surface area contributed by atoms with Crippen molar-refractivity contribution in [3.8, 4) is 0 Å². The molecule has 1 aliphatic rings. The van der Waals surface area contributed by atoms with Gasteiger partial charge in [-0.2, -0.15) is 0 Å². The van der Waals surface area contributed by atoms with Gasteiger partial charge in [-0.25, -0.2) is 0 Å². The molecule has 0 aliphatic carbocycles. The number of aromatic nitrogens is 1. The number of aryl methyl sites for hydroxylation is 1. The van der Waals surface area contributed by atoms with Crippen molar-refractivity contribution in [2.75, 3.05) is 6.54 Å². The summed E-state index contributed by atoms with van der Waals surface area (Å²) < 4.78 is 0. The second-order valence-corrected chi connectivity index (χ2v) is 3.93. The molecule has 14 heavy (non-hydrogen) atoms. The number of rotatable bonds is 2. The summed E-state index contributed by atoms with van der Waals surface area (Å²) in [5.41, 5.74) is 2.86. The van der Waals surface area contributed by atoms with Gasteiger partial charge in [-0.15, -0.1) is 0 Å². The van der Waals surface area contributed by atoms with Crippen LogP contribution < -0.4 is 5.32 Å². The van der Waals surface area contributed by atoms with Crippen LogP contribution in [0, 0.1) is 0 Å². The Balaban J connectivity index is 2.20. The van der Waals surface area contributed by atoms with Gasteiger partial charge in [-0.1, -0.05) is 13.3 Å².